The molecule has 0 unspecified atom stereocenters. The molecule has 0 atom stereocenters. The number of carbonyl (C=O) groups is 1. The Morgan fingerprint density at radius 2 is 1.78 bits per heavy atom. The highest BCUT2D eigenvalue weighted by Crippen LogP contribution is 2.18. The first-order valence-corrected chi connectivity index (χ1v) is 7.89. The van der Waals surface area contributed by atoms with E-state index in [0.717, 1.165) is 38.4 Å². The van der Waals surface area contributed by atoms with Crippen LogP contribution in [-0.2, 0) is 11.3 Å². The first-order chi connectivity index (χ1) is 11.1. The predicted molar refractivity (Wildman–Crippen MR) is 87.4 cm³/mol. The normalized spacial score (nSPS) is 15.6. The molecule has 0 bridgehead atoms. The molecule has 120 valence electrons. The van der Waals surface area contributed by atoms with Gasteiger partial charge in [-0.1, -0.05) is 35.9 Å². The Hall–Kier alpha value is -1.75. The molecule has 2 aromatic rings. The summed E-state index contributed by atoms with van der Waals surface area (Å²) >= 11 is 5.81. The molecule has 0 saturated carbocycles. The minimum atomic E-state index is -0.509. The van der Waals surface area contributed by atoms with E-state index >= 15 is 0 Å². The third-order valence-corrected chi connectivity index (χ3v) is 4.07. The maximum Gasteiger partial charge on any atom is 0.193 e. The topological polar surface area (TPSA) is 29.5 Å². The van der Waals surface area contributed by atoms with Crippen LogP contribution in [0.25, 0.3) is 0 Å². The minimum Gasteiger partial charge on any atom is -0.379 e. The van der Waals surface area contributed by atoms with Crippen LogP contribution in [0.4, 0.5) is 4.39 Å². The van der Waals surface area contributed by atoms with Crippen molar-refractivity contribution in [2.45, 2.75) is 6.54 Å². The number of rotatable bonds is 4. The summed E-state index contributed by atoms with van der Waals surface area (Å²) in [4.78, 5) is 14.7. The average Bonchev–Trinajstić information content (AvgIpc) is 2.55. The Balaban J connectivity index is 1.72. The zero-order chi connectivity index (χ0) is 16.2. The van der Waals surface area contributed by atoms with Gasteiger partial charge in [0.1, 0.15) is 5.82 Å². The van der Waals surface area contributed by atoms with Gasteiger partial charge in [0.25, 0.3) is 0 Å². The highest BCUT2D eigenvalue weighted by Gasteiger charge is 2.13. The molecular formula is C18H17ClFNO2. The largest absolute Gasteiger partial charge is 0.379 e. The molecule has 1 aliphatic rings. The van der Waals surface area contributed by atoms with Crippen LogP contribution in [-0.4, -0.2) is 37.0 Å². The number of nitrogens with zero attached hydrogens (tertiary/aromatic N) is 1. The zero-order valence-electron chi connectivity index (χ0n) is 12.6. The molecular weight excluding hydrogens is 317 g/mol. The molecule has 3 rings (SSSR count). The zero-order valence-corrected chi connectivity index (χ0v) is 13.4. The molecule has 1 fully saturated rings. The molecule has 0 spiro atoms. The van der Waals surface area contributed by atoms with Crippen molar-refractivity contribution in [1.29, 1.82) is 0 Å². The van der Waals surface area contributed by atoms with Gasteiger partial charge >= 0.3 is 0 Å². The van der Waals surface area contributed by atoms with E-state index in [-0.39, 0.29) is 16.4 Å². The molecule has 2 aromatic carbocycles. The fraction of sp³-hybridized carbons (Fsp3) is 0.278. The van der Waals surface area contributed by atoms with Crippen LogP contribution < -0.4 is 0 Å². The average molecular weight is 334 g/mol. The third-order valence-electron chi connectivity index (χ3n) is 3.85. The molecule has 0 amide bonds. The Bertz CT molecular complexity index is 676. The van der Waals surface area contributed by atoms with Crippen molar-refractivity contribution in [3.05, 3.63) is 70.0 Å². The van der Waals surface area contributed by atoms with E-state index in [1.165, 1.54) is 18.2 Å². The summed E-state index contributed by atoms with van der Waals surface area (Å²) in [5, 5.41) is 0.220. The van der Waals surface area contributed by atoms with Crippen LogP contribution in [0.5, 0.6) is 0 Å². The lowest BCUT2D eigenvalue weighted by Crippen LogP contribution is -2.35. The Labute approximate surface area is 139 Å². The number of morpholine rings is 1. The quantitative estimate of drug-likeness (QED) is 0.801. The van der Waals surface area contributed by atoms with E-state index in [2.05, 4.69) is 4.90 Å². The molecule has 0 N–H and O–H groups in total. The van der Waals surface area contributed by atoms with Crippen molar-refractivity contribution in [1.82, 2.24) is 4.90 Å². The minimum absolute atomic E-state index is 0.220. The lowest BCUT2D eigenvalue weighted by atomic mass is 10.0. The van der Waals surface area contributed by atoms with Gasteiger partial charge in [-0.2, -0.15) is 0 Å². The van der Waals surface area contributed by atoms with Gasteiger partial charge in [0.2, 0.25) is 0 Å². The second-order valence-electron chi connectivity index (χ2n) is 5.57. The van der Waals surface area contributed by atoms with Crippen molar-refractivity contribution >= 4 is 17.4 Å². The lowest BCUT2D eigenvalue weighted by molar-refractivity contribution is 0.0342. The second-order valence-corrected chi connectivity index (χ2v) is 6.01. The van der Waals surface area contributed by atoms with Crippen molar-refractivity contribution in [3.63, 3.8) is 0 Å². The van der Waals surface area contributed by atoms with Gasteiger partial charge in [-0.25, -0.2) is 4.39 Å². The molecule has 1 heterocycles. The van der Waals surface area contributed by atoms with Gasteiger partial charge in [-0.05, 0) is 23.8 Å². The third kappa shape index (κ3) is 4.16. The smallest absolute Gasteiger partial charge is 0.193 e. The number of halogens is 2. The Morgan fingerprint density at radius 1 is 1.09 bits per heavy atom. The SMILES string of the molecule is O=C(c1ccc(CN2CCOCC2)cc1)c1cc(F)cc(Cl)c1. The van der Waals surface area contributed by atoms with Crippen molar-refractivity contribution < 1.29 is 13.9 Å². The highest BCUT2D eigenvalue weighted by atomic mass is 35.5. The van der Waals surface area contributed by atoms with Crippen molar-refractivity contribution in [2.75, 3.05) is 26.3 Å². The van der Waals surface area contributed by atoms with Gasteiger partial charge in [0.05, 0.1) is 13.2 Å². The molecule has 1 aliphatic heterocycles. The molecule has 0 radical (unpaired) electrons. The maximum absolute atomic E-state index is 13.4. The molecule has 3 nitrogen and oxygen atoms in total. The van der Waals surface area contributed by atoms with E-state index in [0.29, 0.717) is 5.56 Å². The van der Waals surface area contributed by atoms with Crippen molar-refractivity contribution in [3.8, 4) is 0 Å². The van der Waals surface area contributed by atoms with Crippen LogP contribution in [0.2, 0.25) is 5.02 Å². The Morgan fingerprint density at radius 3 is 2.43 bits per heavy atom. The van der Waals surface area contributed by atoms with Gasteiger partial charge in [0, 0.05) is 35.8 Å². The first-order valence-electron chi connectivity index (χ1n) is 7.52. The first kappa shape index (κ1) is 16.1. The summed E-state index contributed by atoms with van der Waals surface area (Å²) in [5.74, 6) is -0.742. The number of ether oxygens (including phenoxy) is 1. The number of hydrogen-bond donors (Lipinski definition) is 0. The van der Waals surface area contributed by atoms with Crippen LogP contribution in [0.1, 0.15) is 21.5 Å². The van der Waals surface area contributed by atoms with Crippen LogP contribution in [0.15, 0.2) is 42.5 Å². The van der Waals surface area contributed by atoms with Crippen LogP contribution in [0.3, 0.4) is 0 Å². The molecule has 0 aromatic heterocycles. The van der Waals surface area contributed by atoms with Gasteiger partial charge in [-0.3, -0.25) is 9.69 Å². The highest BCUT2D eigenvalue weighted by molar-refractivity contribution is 6.31. The van der Waals surface area contributed by atoms with Gasteiger partial charge < -0.3 is 4.74 Å². The monoisotopic (exact) mass is 333 g/mol. The second kappa shape index (κ2) is 7.21. The van der Waals surface area contributed by atoms with E-state index < -0.39 is 5.82 Å². The van der Waals surface area contributed by atoms with Crippen LogP contribution >= 0.6 is 11.6 Å². The van der Waals surface area contributed by atoms with Crippen molar-refractivity contribution in [2.24, 2.45) is 0 Å². The van der Waals surface area contributed by atoms with E-state index in [4.69, 9.17) is 16.3 Å². The molecule has 5 heteroatoms. The standard InChI is InChI=1S/C18H17ClFNO2/c19-16-9-15(10-17(20)11-16)18(22)14-3-1-13(2-4-14)12-21-5-7-23-8-6-21/h1-4,9-11H,5-8,12H2. The van der Waals surface area contributed by atoms with E-state index in [1.807, 2.05) is 12.1 Å². The number of carbonyl (C=O) groups excluding carboxylic acids is 1. The predicted octanol–water partition coefficient (Wildman–Crippen LogP) is 3.54. The Kier molecular flexibility index (Phi) is 5.06. The maximum atomic E-state index is 13.4. The molecule has 1 saturated heterocycles. The molecule has 23 heavy (non-hydrogen) atoms. The van der Waals surface area contributed by atoms with E-state index in [1.54, 1.807) is 12.1 Å². The number of benzene rings is 2. The summed E-state index contributed by atoms with van der Waals surface area (Å²) in [6, 6.07) is 11.3. The van der Waals surface area contributed by atoms with Gasteiger partial charge in [0.15, 0.2) is 5.78 Å². The molecule has 0 aliphatic carbocycles. The van der Waals surface area contributed by atoms with Crippen LogP contribution in [0, 0.1) is 5.82 Å². The fourth-order valence-electron chi connectivity index (χ4n) is 2.63. The number of ketones is 1. The number of hydrogen-bond acceptors (Lipinski definition) is 3. The summed E-state index contributed by atoms with van der Waals surface area (Å²) in [6.45, 7) is 4.20. The fourth-order valence-corrected chi connectivity index (χ4v) is 2.85. The van der Waals surface area contributed by atoms with Gasteiger partial charge in [-0.15, -0.1) is 0 Å². The summed E-state index contributed by atoms with van der Waals surface area (Å²) in [6.07, 6.45) is 0. The summed E-state index contributed by atoms with van der Waals surface area (Å²) < 4.78 is 18.7. The summed E-state index contributed by atoms with van der Waals surface area (Å²) in [7, 11) is 0. The lowest BCUT2D eigenvalue weighted by Gasteiger charge is -2.26. The summed E-state index contributed by atoms with van der Waals surface area (Å²) in [5.41, 5.74) is 1.93. The van der Waals surface area contributed by atoms with E-state index in [9.17, 15) is 9.18 Å².